The zero-order chi connectivity index (χ0) is 7.82. The molecule has 0 radical (unpaired) electrons. The van der Waals surface area contributed by atoms with E-state index in [4.69, 9.17) is 9.84 Å². The van der Waals surface area contributed by atoms with Crippen LogP contribution in [0.15, 0.2) is 0 Å². The van der Waals surface area contributed by atoms with Crippen LogP contribution in [0.2, 0.25) is 0 Å². The second-order valence-electron chi connectivity index (χ2n) is 2.64. The average molecular weight is 146 g/mol. The van der Waals surface area contributed by atoms with Crippen LogP contribution in [0.5, 0.6) is 0 Å². The predicted octanol–water partition coefficient (Wildman–Crippen LogP) is 1.43. The highest BCUT2D eigenvalue weighted by Crippen LogP contribution is 2.05. The summed E-state index contributed by atoms with van der Waals surface area (Å²) in [6.07, 6.45) is 2.32. The van der Waals surface area contributed by atoms with Gasteiger partial charge in [-0.05, 0) is 12.3 Å². The first kappa shape index (κ1) is 9.92. The molecule has 0 fully saturated rings. The molecule has 0 bridgehead atoms. The lowest BCUT2D eigenvalue weighted by atomic mass is 10.1. The van der Waals surface area contributed by atoms with Crippen LogP contribution in [0.4, 0.5) is 0 Å². The Labute approximate surface area is 63.2 Å². The minimum Gasteiger partial charge on any atom is -0.394 e. The van der Waals surface area contributed by atoms with E-state index in [2.05, 4.69) is 13.8 Å². The monoisotopic (exact) mass is 146 g/mol. The largest absolute Gasteiger partial charge is 0.394 e. The molecule has 0 spiro atoms. The molecule has 0 aromatic carbocycles. The molecule has 1 unspecified atom stereocenters. The summed E-state index contributed by atoms with van der Waals surface area (Å²) < 4.78 is 5.11. The summed E-state index contributed by atoms with van der Waals surface area (Å²) in [6.45, 7) is 5.80. The Morgan fingerprint density at radius 3 is 2.60 bits per heavy atom. The first-order chi connectivity index (χ1) is 4.81. The van der Waals surface area contributed by atoms with E-state index < -0.39 is 0 Å². The molecular weight excluding hydrogens is 128 g/mol. The summed E-state index contributed by atoms with van der Waals surface area (Å²) in [5.74, 6) is 0.749. The van der Waals surface area contributed by atoms with Gasteiger partial charge in [-0.25, -0.2) is 0 Å². The van der Waals surface area contributed by atoms with Crippen molar-refractivity contribution in [1.82, 2.24) is 0 Å². The number of rotatable bonds is 6. The van der Waals surface area contributed by atoms with Crippen LogP contribution in [0, 0.1) is 5.92 Å². The second-order valence-corrected chi connectivity index (χ2v) is 2.64. The standard InChI is InChI=1S/C8H18O2/c1-3-8(2)4-6-10-7-5-9/h8-9H,3-7H2,1-2H3. The SMILES string of the molecule is CCC(C)CCOCCO. The van der Waals surface area contributed by atoms with Crippen molar-refractivity contribution in [2.45, 2.75) is 26.7 Å². The molecule has 0 saturated heterocycles. The molecule has 1 N–H and O–H groups in total. The number of aliphatic hydroxyl groups is 1. The van der Waals surface area contributed by atoms with Gasteiger partial charge in [-0.3, -0.25) is 0 Å². The van der Waals surface area contributed by atoms with E-state index in [1.54, 1.807) is 0 Å². The third-order valence-electron chi connectivity index (χ3n) is 1.69. The van der Waals surface area contributed by atoms with Gasteiger partial charge in [-0.1, -0.05) is 20.3 Å². The van der Waals surface area contributed by atoms with Gasteiger partial charge in [0, 0.05) is 6.61 Å². The number of hydrogen-bond donors (Lipinski definition) is 1. The molecule has 0 aliphatic rings. The highest BCUT2D eigenvalue weighted by atomic mass is 16.5. The van der Waals surface area contributed by atoms with Crippen molar-refractivity contribution < 1.29 is 9.84 Å². The quantitative estimate of drug-likeness (QED) is 0.574. The third kappa shape index (κ3) is 6.05. The van der Waals surface area contributed by atoms with E-state index in [1.165, 1.54) is 6.42 Å². The summed E-state index contributed by atoms with van der Waals surface area (Å²) in [7, 11) is 0. The fourth-order valence-corrected chi connectivity index (χ4v) is 0.655. The van der Waals surface area contributed by atoms with Crippen molar-refractivity contribution in [3.63, 3.8) is 0 Å². The Morgan fingerprint density at radius 2 is 2.10 bits per heavy atom. The number of hydrogen-bond acceptors (Lipinski definition) is 2. The van der Waals surface area contributed by atoms with Gasteiger partial charge in [0.1, 0.15) is 0 Å². The molecule has 2 heteroatoms. The fourth-order valence-electron chi connectivity index (χ4n) is 0.655. The average Bonchev–Trinajstić information content (AvgIpc) is 1.98. The highest BCUT2D eigenvalue weighted by molar-refractivity contribution is 4.47. The molecule has 1 atom stereocenters. The molecule has 0 aromatic rings. The topological polar surface area (TPSA) is 29.5 Å². The van der Waals surface area contributed by atoms with Gasteiger partial charge in [0.2, 0.25) is 0 Å². The van der Waals surface area contributed by atoms with Gasteiger partial charge < -0.3 is 9.84 Å². The van der Waals surface area contributed by atoms with Crippen LogP contribution in [0.1, 0.15) is 26.7 Å². The molecule has 62 valence electrons. The fraction of sp³-hybridized carbons (Fsp3) is 1.00. The normalized spacial score (nSPS) is 13.5. The van der Waals surface area contributed by atoms with Gasteiger partial charge in [0.05, 0.1) is 13.2 Å². The summed E-state index contributed by atoms with van der Waals surface area (Å²) in [5, 5.41) is 8.36. The smallest absolute Gasteiger partial charge is 0.0697 e. The predicted molar refractivity (Wildman–Crippen MR) is 42.0 cm³/mol. The maximum absolute atomic E-state index is 8.36. The van der Waals surface area contributed by atoms with Gasteiger partial charge in [0.25, 0.3) is 0 Å². The van der Waals surface area contributed by atoms with Crippen molar-refractivity contribution in [2.24, 2.45) is 5.92 Å². The van der Waals surface area contributed by atoms with Crippen LogP contribution < -0.4 is 0 Å². The van der Waals surface area contributed by atoms with Crippen molar-refractivity contribution in [3.05, 3.63) is 0 Å². The number of aliphatic hydroxyl groups excluding tert-OH is 1. The molecule has 0 heterocycles. The van der Waals surface area contributed by atoms with E-state index in [0.717, 1.165) is 18.9 Å². The Morgan fingerprint density at radius 1 is 1.40 bits per heavy atom. The Balaban J connectivity index is 2.89. The Bertz CT molecular complexity index is 64.3. The minimum atomic E-state index is 0.139. The van der Waals surface area contributed by atoms with Gasteiger partial charge in [-0.15, -0.1) is 0 Å². The summed E-state index contributed by atoms with van der Waals surface area (Å²) in [5.41, 5.74) is 0. The zero-order valence-corrected chi connectivity index (χ0v) is 6.97. The Hall–Kier alpha value is -0.0800. The Kier molecular flexibility index (Phi) is 6.98. The van der Waals surface area contributed by atoms with Crippen LogP contribution in [0.25, 0.3) is 0 Å². The molecule has 10 heavy (non-hydrogen) atoms. The molecule has 0 saturated carbocycles. The maximum atomic E-state index is 8.36. The summed E-state index contributed by atoms with van der Waals surface area (Å²) in [4.78, 5) is 0. The second kappa shape index (κ2) is 7.03. The molecule has 0 aliphatic carbocycles. The highest BCUT2D eigenvalue weighted by Gasteiger charge is 1.96. The molecule has 0 rings (SSSR count). The number of ether oxygens (including phenoxy) is 1. The minimum absolute atomic E-state index is 0.139. The van der Waals surface area contributed by atoms with Crippen LogP contribution in [-0.4, -0.2) is 24.9 Å². The van der Waals surface area contributed by atoms with Gasteiger partial charge >= 0.3 is 0 Å². The van der Waals surface area contributed by atoms with Crippen molar-refractivity contribution >= 4 is 0 Å². The molecule has 0 aromatic heterocycles. The van der Waals surface area contributed by atoms with Crippen LogP contribution in [-0.2, 0) is 4.74 Å². The van der Waals surface area contributed by atoms with E-state index in [0.29, 0.717) is 6.61 Å². The van der Waals surface area contributed by atoms with Crippen molar-refractivity contribution in [2.75, 3.05) is 19.8 Å². The van der Waals surface area contributed by atoms with E-state index in [-0.39, 0.29) is 6.61 Å². The van der Waals surface area contributed by atoms with E-state index >= 15 is 0 Å². The van der Waals surface area contributed by atoms with Gasteiger partial charge in [-0.2, -0.15) is 0 Å². The maximum Gasteiger partial charge on any atom is 0.0697 e. The first-order valence-corrected chi connectivity index (χ1v) is 3.99. The van der Waals surface area contributed by atoms with Crippen molar-refractivity contribution in [3.8, 4) is 0 Å². The van der Waals surface area contributed by atoms with E-state index in [1.807, 2.05) is 0 Å². The molecule has 2 nitrogen and oxygen atoms in total. The molecule has 0 amide bonds. The van der Waals surface area contributed by atoms with E-state index in [9.17, 15) is 0 Å². The lowest BCUT2D eigenvalue weighted by Crippen LogP contribution is -2.04. The molecular formula is C8H18O2. The summed E-state index contributed by atoms with van der Waals surface area (Å²) in [6, 6.07) is 0. The zero-order valence-electron chi connectivity index (χ0n) is 6.97. The summed E-state index contributed by atoms with van der Waals surface area (Å²) >= 11 is 0. The third-order valence-corrected chi connectivity index (χ3v) is 1.69. The van der Waals surface area contributed by atoms with Crippen molar-refractivity contribution in [1.29, 1.82) is 0 Å². The van der Waals surface area contributed by atoms with Crippen LogP contribution in [0.3, 0.4) is 0 Å². The first-order valence-electron chi connectivity index (χ1n) is 3.99. The lowest BCUT2D eigenvalue weighted by molar-refractivity contribution is 0.0839. The van der Waals surface area contributed by atoms with Crippen LogP contribution >= 0.6 is 0 Å². The lowest BCUT2D eigenvalue weighted by Gasteiger charge is -2.07. The molecule has 0 aliphatic heterocycles. The van der Waals surface area contributed by atoms with Gasteiger partial charge in [0.15, 0.2) is 0 Å².